The molecule has 0 amide bonds. The fourth-order valence-corrected chi connectivity index (χ4v) is 2.81. The second-order valence-electron chi connectivity index (χ2n) is 4.69. The molecule has 0 saturated heterocycles. The summed E-state index contributed by atoms with van der Waals surface area (Å²) in [5, 5.41) is 2.08. The number of rotatable bonds is 1. The van der Waals surface area contributed by atoms with Crippen molar-refractivity contribution >= 4 is 22.6 Å². The van der Waals surface area contributed by atoms with Gasteiger partial charge in [0.2, 0.25) is 0 Å². The molecule has 2 aromatic rings. The van der Waals surface area contributed by atoms with Gasteiger partial charge in [-0.2, -0.15) is 0 Å². The van der Waals surface area contributed by atoms with Gasteiger partial charge in [0.1, 0.15) is 5.69 Å². The zero-order valence-corrected chi connectivity index (χ0v) is 10.2. The van der Waals surface area contributed by atoms with Crippen LogP contribution in [0.15, 0.2) is 5.38 Å². The summed E-state index contributed by atoms with van der Waals surface area (Å²) in [6, 6.07) is 0. The monoisotopic (exact) mass is 222 g/mol. The van der Waals surface area contributed by atoms with E-state index < -0.39 is 0 Å². The van der Waals surface area contributed by atoms with E-state index >= 15 is 0 Å². The number of aromatic nitrogens is 2. The van der Waals surface area contributed by atoms with Crippen LogP contribution in [0.4, 0.5) is 0 Å². The molecule has 2 rings (SSSR count). The highest BCUT2D eigenvalue weighted by Crippen LogP contribution is 2.29. The molecule has 0 aliphatic rings. The molecule has 0 bridgehead atoms. The third-order valence-corrected chi connectivity index (χ3v) is 3.29. The fourth-order valence-electron chi connectivity index (χ4n) is 1.64. The van der Waals surface area contributed by atoms with Gasteiger partial charge in [0.15, 0.2) is 11.2 Å². The standard InChI is InChI=1S/C11H14N2OS/c1-7-8(5-14)13-9(11(2,3)4)6-15-10(13)12-7/h5-6H,1-4H3. The smallest absolute Gasteiger partial charge is 0.194 e. The summed E-state index contributed by atoms with van der Waals surface area (Å²) in [6.45, 7) is 8.28. The molecule has 0 aliphatic heterocycles. The fraction of sp³-hybridized carbons (Fsp3) is 0.455. The maximum atomic E-state index is 11.0. The molecule has 15 heavy (non-hydrogen) atoms. The third-order valence-electron chi connectivity index (χ3n) is 2.46. The van der Waals surface area contributed by atoms with Gasteiger partial charge < -0.3 is 0 Å². The van der Waals surface area contributed by atoms with Gasteiger partial charge in [-0.25, -0.2) is 4.98 Å². The topological polar surface area (TPSA) is 34.4 Å². The Morgan fingerprint density at radius 3 is 2.67 bits per heavy atom. The molecule has 80 valence electrons. The van der Waals surface area contributed by atoms with Crippen LogP contribution in [0, 0.1) is 6.92 Å². The van der Waals surface area contributed by atoms with Gasteiger partial charge in [-0.1, -0.05) is 20.8 Å². The van der Waals surface area contributed by atoms with E-state index in [-0.39, 0.29) is 5.41 Å². The third kappa shape index (κ3) is 1.49. The Morgan fingerprint density at radius 2 is 2.13 bits per heavy atom. The van der Waals surface area contributed by atoms with E-state index in [1.54, 1.807) is 11.3 Å². The summed E-state index contributed by atoms with van der Waals surface area (Å²) >= 11 is 1.58. The van der Waals surface area contributed by atoms with Gasteiger partial charge in [-0.3, -0.25) is 9.20 Å². The number of fused-ring (bicyclic) bond motifs is 1. The van der Waals surface area contributed by atoms with Gasteiger partial charge in [0.25, 0.3) is 0 Å². The first kappa shape index (κ1) is 10.4. The summed E-state index contributed by atoms with van der Waals surface area (Å²) in [4.78, 5) is 16.3. The number of thiazole rings is 1. The number of carbonyl (C=O) groups excluding carboxylic acids is 1. The number of aldehydes is 1. The molecule has 0 fully saturated rings. The van der Waals surface area contributed by atoms with Crippen LogP contribution in [0.2, 0.25) is 0 Å². The number of aryl methyl sites for hydroxylation is 1. The van der Waals surface area contributed by atoms with Crippen LogP contribution in [0.5, 0.6) is 0 Å². The summed E-state index contributed by atoms with van der Waals surface area (Å²) in [5.74, 6) is 0. The van der Waals surface area contributed by atoms with Crippen molar-refractivity contribution in [1.82, 2.24) is 9.38 Å². The average Bonchev–Trinajstić information content (AvgIpc) is 2.59. The van der Waals surface area contributed by atoms with E-state index in [1.807, 2.05) is 11.3 Å². The Kier molecular flexibility index (Phi) is 2.19. The van der Waals surface area contributed by atoms with E-state index in [1.165, 1.54) is 0 Å². The summed E-state index contributed by atoms with van der Waals surface area (Å²) in [6.07, 6.45) is 0.886. The quantitative estimate of drug-likeness (QED) is 0.695. The van der Waals surface area contributed by atoms with Crippen molar-refractivity contribution in [3.8, 4) is 0 Å². The molecule has 0 aliphatic carbocycles. The molecule has 0 radical (unpaired) electrons. The highest BCUT2D eigenvalue weighted by atomic mass is 32.1. The SMILES string of the molecule is Cc1nc2scc(C(C)(C)C)n2c1C=O. The summed E-state index contributed by atoms with van der Waals surface area (Å²) in [7, 11) is 0. The van der Waals surface area contributed by atoms with Gasteiger partial charge in [0, 0.05) is 16.5 Å². The van der Waals surface area contributed by atoms with Crippen molar-refractivity contribution in [3.63, 3.8) is 0 Å². The highest BCUT2D eigenvalue weighted by molar-refractivity contribution is 7.15. The van der Waals surface area contributed by atoms with Crippen molar-refractivity contribution < 1.29 is 4.79 Å². The first-order valence-corrected chi connectivity index (χ1v) is 5.75. The van der Waals surface area contributed by atoms with Gasteiger partial charge in [-0.05, 0) is 6.92 Å². The van der Waals surface area contributed by atoms with E-state index in [9.17, 15) is 4.79 Å². The largest absolute Gasteiger partial charge is 0.296 e. The number of imidazole rings is 1. The van der Waals surface area contributed by atoms with Crippen LogP contribution in [0.1, 0.15) is 42.6 Å². The molecule has 3 nitrogen and oxygen atoms in total. The Morgan fingerprint density at radius 1 is 1.47 bits per heavy atom. The van der Waals surface area contributed by atoms with Gasteiger partial charge in [-0.15, -0.1) is 11.3 Å². The highest BCUT2D eigenvalue weighted by Gasteiger charge is 2.22. The summed E-state index contributed by atoms with van der Waals surface area (Å²) in [5.41, 5.74) is 2.66. The van der Waals surface area contributed by atoms with E-state index in [4.69, 9.17) is 0 Å². The molecule has 2 aromatic heterocycles. The van der Waals surface area contributed by atoms with Crippen LogP contribution in [-0.4, -0.2) is 15.7 Å². The molecular formula is C11H14N2OS. The molecule has 0 spiro atoms. The first-order valence-electron chi connectivity index (χ1n) is 4.87. The zero-order valence-electron chi connectivity index (χ0n) is 9.37. The molecule has 0 aromatic carbocycles. The number of hydrogen-bond acceptors (Lipinski definition) is 3. The second kappa shape index (κ2) is 3.17. The lowest BCUT2D eigenvalue weighted by Crippen LogP contribution is -2.15. The Bertz CT molecular complexity index is 516. The van der Waals surface area contributed by atoms with Crippen LogP contribution in [0.25, 0.3) is 4.96 Å². The van der Waals surface area contributed by atoms with Crippen molar-refractivity contribution in [2.24, 2.45) is 0 Å². The minimum absolute atomic E-state index is 0.0309. The predicted molar refractivity (Wildman–Crippen MR) is 61.9 cm³/mol. The first-order chi connectivity index (χ1) is 6.95. The normalized spacial score (nSPS) is 12.3. The predicted octanol–water partition coefficient (Wildman–Crippen LogP) is 2.81. The van der Waals surface area contributed by atoms with Crippen molar-refractivity contribution in [3.05, 3.63) is 22.5 Å². The molecule has 2 heterocycles. The van der Waals surface area contributed by atoms with E-state index in [0.29, 0.717) is 5.69 Å². The van der Waals surface area contributed by atoms with Crippen LogP contribution < -0.4 is 0 Å². The minimum atomic E-state index is 0.0309. The minimum Gasteiger partial charge on any atom is -0.296 e. The average molecular weight is 222 g/mol. The maximum Gasteiger partial charge on any atom is 0.194 e. The number of carbonyl (C=O) groups is 1. The van der Waals surface area contributed by atoms with Crippen molar-refractivity contribution in [2.75, 3.05) is 0 Å². The Labute approximate surface area is 92.8 Å². The molecule has 0 unspecified atom stereocenters. The maximum absolute atomic E-state index is 11.0. The van der Waals surface area contributed by atoms with E-state index in [2.05, 4.69) is 31.1 Å². The lowest BCUT2D eigenvalue weighted by molar-refractivity contribution is 0.111. The zero-order chi connectivity index (χ0) is 11.2. The lowest BCUT2D eigenvalue weighted by Gasteiger charge is -2.17. The summed E-state index contributed by atoms with van der Waals surface area (Å²) < 4.78 is 1.97. The molecular weight excluding hydrogens is 208 g/mol. The van der Waals surface area contributed by atoms with Crippen LogP contribution in [-0.2, 0) is 5.41 Å². The second-order valence-corrected chi connectivity index (χ2v) is 5.53. The molecule has 0 atom stereocenters. The molecule has 0 N–H and O–H groups in total. The van der Waals surface area contributed by atoms with E-state index in [0.717, 1.165) is 22.6 Å². The molecule has 4 heteroatoms. The number of hydrogen-bond donors (Lipinski definition) is 0. The lowest BCUT2D eigenvalue weighted by atomic mass is 9.93. The Hall–Kier alpha value is -1.16. The number of nitrogens with zero attached hydrogens (tertiary/aromatic N) is 2. The van der Waals surface area contributed by atoms with Gasteiger partial charge >= 0.3 is 0 Å². The van der Waals surface area contributed by atoms with Crippen molar-refractivity contribution in [2.45, 2.75) is 33.1 Å². The Balaban J connectivity index is 2.82. The van der Waals surface area contributed by atoms with Gasteiger partial charge in [0.05, 0.1) is 5.69 Å². The van der Waals surface area contributed by atoms with Crippen LogP contribution >= 0.6 is 11.3 Å². The van der Waals surface area contributed by atoms with Crippen LogP contribution in [0.3, 0.4) is 0 Å². The van der Waals surface area contributed by atoms with Crippen molar-refractivity contribution in [1.29, 1.82) is 0 Å². The molecule has 0 saturated carbocycles.